The van der Waals surface area contributed by atoms with Crippen molar-refractivity contribution < 1.29 is 9.90 Å². The summed E-state index contributed by atoms with van der Waals surface area (Å²) in [5, 5.41) is 17.8. The molecule has 0 aliphatic carbocycles. The molecule has 0 bridgehead atoms. The number of fused-ring (bicyclic) bond motifs is 3. The van der Waals surface area contributed by atoms with Crippen LogP contribution in [0.15, 0.2) is 24.7 Å². The standard InChI is InChI=1S/C19H20N6O2S/c1-4-5-16(27)14-6-10(2)13(8-20-14)12-7-15-18(25-17(12)21-9-22-25)28-19(24-15)23-11(3)26/h6-9,16,27H,4-5H2,1-3H3,(H,23,24,26). The molecular formula is C19H20N6O2S. The van der Waals surface area contributed by atoms with Crippen LogP contribution in [0.1, 0.15) is 44.1 Å². The zero-order chi connectivity index (χ0) is 19.8. The third-order valence-corrected chi connectivity index (χ3v) is 5.47. The summed E-state index contributed by atoms with van der Waals surface area (Å²) in [5.41, 5.74) is 4.83. The van der Waals surface area contributed by atoms with E-state index in [0.29, 0.717) is 22.9 Å². The van der Waals surface area contributed by atoms with E-state index in [4.69, 9.17) is 0 Å². The SMILES string of the molecule is CCCC(O)c1cc(C)c(-c2cc3nc(NC(C)=O)sc3n3ncnc23)cn1. The molecule has 0 aliphatic rings. The number of anilines is 1. The van der Waals surface area contributed by atoms with Crippen LogP contribution in [0.5, 0.6) is 0 Å². The van der Waals surface area contributed by atoms with Crippen molar-refractivity contribution in [2.75, 3.05) is 5.32 Å². The predicted octanol–water partition coefficient (Wildman–Crippen LogP) is 3.50. The Morgan fingerprint density at radius 1 is 1.32 bits per heavy atom. The molecule has 8 nitrogen and oxygen atoms in total. The third-order valence-electron chi connectivity index (χ3n) is 4.51. The minimum atomic E-state index is -0.563. The maximum Gasteiger partial charge on any atom is 0.223 e. The highest BCUT2D eigenvalue weighted by Crippen LogP contribution is 2.34. The fourth-order valence-electron chi connectivity index (χ4n) is 3.21. The Bertz CT molecular complexity index is 1180. The number of carbonyl (C=O) groups is 1. The summed E-state index contributed by atoms with van der Waals surface area (Å²) in [4.78, 5) is 25.6. The number of carbonyl (C=O) groups excluding carboxylic acids is 1. The van der Waals surface area contributed by atoms with Gasteiger partial charge >= 0.3 is 0 Å². The number of pyridine rings is 2. The van der Waals surface area contributed by atoms with Gasteiger partial charge in [0.15, 0.2) is 10.8 Å². The van der Waals surface area contributed by atoms with Gasteiger partial charge in [0.25, 0.3) is 0 Å². The monoisotopic (exact) mass is 396 g/mol. The molecule has 0 saturated heterocycles. The Morgan fingerprint density at radius 3 is 2.86 bits per heavy atom. The Balaban J connectivity index is 1.86. The first kappa shape index (κ1) is 18.5. The normalized spacial score (nSPS) is 12.6. The molecule has 2 N–H and O–H groups in total. The van der Waals surface area contributed by atoms with Crippen LogP contribution >= 0.6 is 11.3 Å². The molecule has 144 valence electrons. The average molecular weight is 396 g/mol. The van der Waals surface area contributed by atoms with Gasteiger partial charge in [-0.05, 0) is 31.0 Å². The van der Waals surface area contributed by atoms with Crippen LogP contribution < -0.4 is 5.32 Å². The number of hydrogen-bond acceptors (Lipinski definition) is 7. The van der Waals surface area contributed by atoms with Crippen LogP contribution in [0, 0.1) is 6.92 Å². The molecular weight excluding hydrogens is 376 g/mol. The number of nitrogens with zero attached hydrogens (tertiary/aromatic N) is 5. The Hall–Kier alpha value is -2.91. The molecule has 4 aromatic rings. The Labute approximate surface area is 165 Å². The largest absolute Gasteiger partial charge is 0.387 e. The summed E-state index contributed by atoms with van der Waals surface area (Å²) in [6.07, 6.45) is 4.27. The highest BCUT2D eigenvalue weighted by molar-refractivity contribution is 7.22. The summed E-state index contributed by atoms with van der Waals surface area (Å²) in [7, 11) is 0. The third kappa shape index (κ3) is 3.23. The second kappa shape index (κ2) is 7.25. The molecule has 0 spiro atoms. The van der Waals surface area contributed by atoms with E-state index in [0.717, 1.165) is 33.5 Å². The van der Waals surface area contributed by atoms with Crippen molar-refractivity contribution in [2.24, 2.45) is 0 Å². The van der Waals surface area contributed by atoms with Crippen molar-refractivity contribution in [3.63, 3.8) is 0 Å². The van der Waals surface area contributed by atoms with Crippen LogP contribution in [-0.2, 0) is 4.79 Å². The molecule has 1 unspecified atom stereocenters. The summed E-state index contributed by atoms with van der Waals surface area (Å²) < 4.78 is 1.73. The zero-order valence-corrected chi connectivity index (χ0v) is 16.6. The number of aromatic nitrogens is 5. The van der Waals surface area contributed by atoms with Crippen LogP contribution in [0.4, 0.5) is 5.13 Å². The van der Waals surface area contributed by atoms with E-state index < -0.39 is 6.10 Å². The van der Waals surface area contributed by atoms with Crippen molar-refractivity contribution in [1.29, 1.82) is 0 Å². The number of thiazole rings is 1. The molecule has 4 heterocycles. The van der Waals surface area contributed by atoms with Crippen molar-refractivity contribution in [3.8, 4) is 11.1 Å². The maximum absolute atomic E-state index is 11.4. The lowest BCUT2D eigenvalue weighted by molar-refractivity contribution is -0.114. The van der Waals surface area contributed by atoms with Gasteiger partial charge in [0, 0.05) is 24.2 Å². The maximum atomic E-state index is 11.4. The number of amides is 1. The highest BCUT2D eigenvalue weighted by atomic mass is 32.1. The molecule has 9 heteroatoms. The first-order chi connectivity index (χ1) is 13.5. The van der Waals surface area contributed by atoms with E-state index in [2.05, 4.69) is 25.4 Å². The number of rotatable bonds is 5. The first-order valence-electron chi connectivity index (χ1n) is 9.03. The van der Waals surface area contributed by atoms with Gasteiger partial charge in [-0.2, -0.15) is 5.10 Å². The second-order valence-electron chi connectivity index (χ2n) is 6.67. The molecule has 0 aromatic carbocycles. The number of nitrogens with one attached hydrogen (secondary N) is 1. The molecule has 0 fully saturated rings. The van der Waals surface area contributed by atoms with E-state index in [-0.39, 0.29) is 5.91 Å². The molecule has 4 aromatic heterocycles. The minimum Gasteiger partial charge on any atom is -0.387 e. The summed E-state index contributed by atoms with van der Waals surface area (Å²) in [5.74, 6) is -0.171. The van der Waals surface area contributed by atoms with Crippen LogP contribution in [-0.4, -0.2) is 35.6 Å². The van der Waals surface area contributed by atoms with Gasteiger partial charge in [-0.15, -0.1) is 0 Å². The summed E-state index contributed by atoms with van der Waals surface area (Å²) in [6, 6.07) is 3.85. The van der Waals surface area contributed by atoms with E-state index in [1.165, 1.54) is 24.6 Å². The fraction of sp³-hybridized carbons (Fsp3) is 0.316. The lowest BCUT2D eigenvalue weighted by Crippen LogP contribution is -2.04. The molecule has 0 radical (unpaired) electrons. The van der Waals surface area contributed by atoms with E-state index in [1.54, 1.807) is 10.7 Å². The quantitative estimate of drug-likeness (QED) is 0.535. The van der Waals surface area contributed by atoms with Gasteiger partial charge in [-0.3, -0.25) is 9.78 Å². The smallest absolute Gasteiger partial charge is 0.223 e. The van der Waals surface area contributed by atoms with Gasteiger partial charge in [-0.1, -0.05) is 24.7 Å². The van der Waals surface area contributed by atoms with Gasteiger partial charge in [0.1, 0.15) is 16.7 Å². The van der Waals surface area contributed by atoms with E-state index in [1.807, 2.05) is 26.0 Å². The number of aryl methyl sites for hydroxylation is 1. The molecule has 0 aliphatic heterocycles. The Kier molecular flexibility index (Phi) is 4.78. The lowest BCUT2D eigenvalue weighted by atomic mass is 10.0. The second-order valence-corrected chi connectivity index (χ2v) is 7.65. The molecule has 28 heavy (non-hydrogen) atoms. The van der Waals surface area contributed by atoms with Gasteiger partial charge in [0.05, 0.1) is 11.8 Å². The molecule has 0 saturated carbocycles. The van der Waals surface area contributed by atoms with Crippen molar-refractivity contribution >= 4 is 38.4 Å². The molecule has 1 amide bonds. The van der Waals surface area contributed by atoms with Crippen LogP contribution in [0.2, 0.25) is 0 Å². The Morgan fingerprint density at radius 2 is 2.14 bits per heavy atom. The van der Waals surface area contributed by atoms with Crippen molar-refractivity contribution in [3.05, 3.63) is 35.9 Å². The zero-order valence-electron chi connectivity index (χ0n) is 15.8. The predicted molar refractivity (Wildman–Crippen MR) is 108 cm³/mol. The van der Waals surface area contributed by atoms with E-state index >= 15 is 0 Å². The topological polar surface area (TPSA) is 105 Å². The molecule has 1 atom stereocenters. The van der Waals surface area contributed by atoms with Gasteiger partial charge in [0.2, 0.25) is 5.91 Å². The average Bonchev–Trinajstić information content (AvgIpc) is 3.27. The summed E-state index contributed by atoms with van der Waals surface area (Å²) in [6.45, 7) is 5.47. The van der Waals surface area contributed by atoms with Crippen LogP contribution in [0.3, 0.4) is 0 Å². The first-order valence-corrected chi connectivity index (χ1v) is 9.85. The van der Waals surface area contributed by atoms with Gasteiger partial charge < -0.3 is 10.4 Å². The lowest BCUT2D eigenvalue weighted by Gasteiger charge is -2.12. The fourth-order valence-corrected chi connectivity index (χ4v) is 4.16. The van der Waals surface area contributed by atoms with Crippen LogP contribution in [0.25, 0.3) is 27.1 Å². The summed E-state index contributed by atoms with van der Waals surface area (Å²) >= 11 is 1.35. The van der Waals surface area contributed by atoms with E-state index in [9.17, 15) is 9.90 Å². The molecule has 4 rings (SSSR count). The van der Waals surface area contributed by atoms with Crippen molar-refractivity contribution in [1.82, 2.24) is 24.6 Å². The number of hydrogen-bond donors (Lipinski definition) is 2. The highest BCUT2D eigenvalue weighted by Gasteiger charge is 2.18. The van der Waals surface area contributed by atoms with Gasteiger partial charge in [-0.25, -0.2) is 14.5 Å². The number of aliphatic hydroxyl groups is 1. The van der Waals surface area contributed by atoms with Crippen molar-refractivity contribution in [2.45, 2.75) is 39.7 Å². The number of aliphatic hydroxyl groups excluding tert-OH is 1. The minimum absolute atomic E-state index is 0.171.